The van der Waals surface area contributed by atoms with Gasteiger partial charge < -0.3 is 5.11 Å². The molecule has 1 aromatic carbocycles. The molecule has 2 unspecified atom stereocenters. The van der Waals surface area contributed by atoms with Gasteiger partial charge >= 0.3 is 0 Å². The molecule has 1 fully saturated rings. The molecule has 1 saturated heterocycles. The fourth-order valence-corrected chi connectivity index (χ4v) is 4.33. The Kier molecular flexibility index (Phi) is 4.99. The third-order valence-corrected chi connectivity index (χ3v) is 4.87. The van der Waals surface area contributed by atoms with Gasteiger partial charge in [0.15, 0.2) is 5.78 Å². The number of carbonyl (C=O) groups is 1. The molecule has 1 heterocycles. The van der Waals surface area contributed by atoms with Crippen molar-refractivity contribution >= 4 is 29.1 Å². The highest BCUT2D eigenvalue weighted by Crippen LogP contribution is 2.31. The van der Waals surface area contributed by atoms with Crippen LogP contribution in [0.1, 0.15) is 36.7 Å². The number of benzene rings is 1. The molecule has 0 spiro atoms. The highest BCUT2D eigenvalue weighted by atomic mass is 35.5. The van der Waals surface area contributed by atoms with Crippen LogP contribution in [-0.2, 0) is 6.54 Å². The molecule has 110 valence electrons. The molecule has 0 amide bonds. The van der Waals surface area contributed by atoms with Gasteiger partial charge in [0.05, 0.1) is 5.56 Å². The highest BCUT2D eigenvalue weighted by Gasteiger charge is 2.23. The quantitative estimate of drug-likeness (QED) is 0.866. The first-order chi connectivity index (χ1) is 9.36. The SMILES string of the molecule is CC(=O)c1cc(Cl)cc(CN2CC(C)SC(C)C2)c1O. The number of ketones is 1. The molecule has 3 nitrogen and oxygen atoms in total. The summed E-state index contributed by atoms with van der Waals surface area (Å²) in [5.41, 5.74) is 1.04. The molecule has 1 N–H and O–H groups in total. The second kappa shape index (κ2) is 6.37. The van der Waals surface area contributed by atoms with E-state index in [4.69, 9.17) is 11.6 Å². The summed E-state index contributed by atoms with van der Waals surface area (Å²) in [6, 6.07) is 3.28. The number of phenols is 1. The number of rotatable bonds is 3. The molecule has 0 bridgehead atoms. The van der Waals surface area contributed by atoms with E-state index in [1.165, 1.54) is 13.0 Å². The summed E-state index contributed by atoms with van der Waals surface area (Å²) >= 11 is 8.04. The van der Waals surface area contributed by atoms with Gasteiger partial charge in [0, 0.05) is 40.7 Å². The summed E-state index contributed by atoms with van der Waals surface area (Å²) in [6.07, 6.45) is 0. The molecular formula is C15H20ClNO2S. The Labute approximate surface area is 129 Å². The minimum atomic E-state index is -0.165. The van der Waals surface area contributed by atoms with Gasteiger partial charge in [-0.3, -0.25) is 9.69 Å². The minimum absolute atomic E-state index is 0.0698. The lowest BCUT2D eigenvalue weighted by Crippen LogP contribution is -2.39. The van der Waals surface area contributed by atoms with Crippen LogP contribution in [0.3, 0.4) is 0 Å². The summed E-state index contributed by atoms with van der Waals surface area (Å²) in [5.74, 6) is -0.0948. The Balaban J connectivity index is 2.23. The topological polar surface area (TPSA) is 40.5 Å². The monoisotopic (exact) mass is 313 g/mol. The van der Waals surface area contributed by atoms with Gasteiger partial charge in [-0.2, -0.15) is 11.8 Å². The number of Topliss-reactive ketones (excluding diaryl/α,β-unsaturated/α-hetero) is 1. The van der Waals surface area contributed by atoms with Gasteiger partial charge in [0.25, 0.3) is 0 Å². The minimum Gasteiger partial charge on any atom is -0.507 e. The Hall–Kier alpha value is -0.710. The zero-order chi connectivity index (χ0) is 14.9. The Morgan fingerprint density at radius 1 is 1.40 bits per heavy atom. The summed E-state index contributed by atoms with van der Waals surface area (Å²) < 4.78 is 0. The maximum Gasteiger partial charge on any atom is 0.163 e. The van der Waals surface area contributed by atoms with E-state index in [-0.39, 0.29) is 11.5 Å². The molecule has 1 aliphatic rings. The second-order valence-electron chi connectivity index (χ2n) is 5.47. The number of hydrogen-bond acceptors (Lipinski definition) is 4. The fraction of sp³-hybridized carbons (Fsp3) is 0.533. The summed E-state index contributed by atoms with van der Waals surface area (Å²) in [7, 11) is 0. The molecule has 2 rings (SSSR count). The molecule has 2 atom stereocenters. The summed E-state index contributed by atoms with van der Waals surface area (Å²) in [6.45, 7) is 8.46. The van der Waals surface area contributed by atoms with E-state index in [2.05, 4.69) is 18.7 Å². The third kappa shape index (κ3) is 3.68. The van der Waals surface area contributed by atoms with Crippen molar-refractivity contribution in [3.63, 3.8) is 0 Å². The van der Waals surface area contributed by atoms with Crippen LogP contribution < -0.4 is 0 Å². The molecule has 0 aliphatic carbocycles. The van der Waals surface area contributed by atoms with Crippen LogP contribution in [0.5, 0.6) is 5.75 Å². The van der Waals surface area contributed by atoms with E-state index in [9.17, 15) is 9.90 Å². The average Bonchev–Trinajstić information content (AvgIpc) is 2.31. The zero-order valence-electron chi connectivity index (χ0n) is 12.0. The Morgan fingerprint density at radius 3 is 2.55 bits per heavy atom. The molecular weight excluding hydrogens is 294 g/mol. The Bertz CT molecular complexity index is 511. The molecule has 0 saturated carbocycles. The standard InChI is InChI=1S/C15H20ClNO2S/c1-9-6-17(7-10(2)20-9)8-12-4-13(16)5-14(11(3)18)15(12)19/h4-5,9-10,19H,6-8H2,1-3H3. The van der Waals surface area contributed by atoms with Crippen molar-refractivity contribution in [1.29, 1.82) is 0 Å². The van der Waals surface area contributed by atoms with Crippen LogP contribution >= 0.6 is 23.4 Å². The number of phenolic OH excluding ortho intramolecular Hbond substituents is 1. The van der Waals surface area contributed by atoms with Crippen molar-refractivity contribution in [2.24, 2.45) is 0 Å². The van der Waals surface area contributed by atoms with Gasteiger partial charge in [0.2, 0.25) is 0 Å². The lowest BCUT2D eigenvalue weighted by atomic mass is 10.1. The Morgan fingerprint density at radius 2 is 2.00 bits per heavy atom. The van der Waals surface area contributed by atoms with Crippen molar-refractivity contribution in [3.05, 3.63) is 28.3 Å². The van der Waals surface area contributed by atoms with E-state index < -0.39 is 0 Å². The maximum absolute atomic E-state index is 11.5. The normalized spacial score (nSPS) is 23.8. The van der Waals surface area contributed by atoms with E-state index in [0.29, 0.717) is 27.6 Å². The van der Waals surface area contributed by atoms with E-state index in [0.717, 1.165) is 18.7 Å². The second-order valence-corrected chi connectivity index (χ2v) is 7.79. The number of thioether (sulfide) groups is 1. The molecule has 1 aliphatic heterocycles. The zero-order valence-corrected chi connectivity index (χ0v) is 13.6. The number of nitrogens with zero attached hydrogens (tertiary/aromatic N) is 1. The van der Waals surface area contributed by atoms with Crippen LogP contribution in [0.2, 0.25) is 5.02 Å². The maximum atomic E-state index is 11.5. The first-order valence-electron chi connectivity index (χ1n) is 6.77. The van der Waals surface area contributed by atoms with E-state index in [1.54, 1.807) is 6.07 Å². The predicted molar refractivity (Wildman–Crippen MR) is 84.9 cm³/mol. The predicted octanol–water partition coefficient (Wildman–Crippen LogP) is 3.57. The number of halogens is 1. The van der Waals surface area contributed by atoms with E-state index in [1.807, 2.05) is 11.8 Å². The van der Waals surface area contributed by atoms with Gasteiger partial charge in [-0.15, -0.1) is 0 Å². The summed E-state index contributed by atoms with van der Waals surface area (Å²) in [5, 5.41) is 11.9. The van der Waals surface area contributed by atoms with Crippen LogP contribution in [0, 0.1) is 0 Å². The first-order valence-corrected chi connectivity index (χ1v) is 8.09. The van der Waals surface area contributed by atoms with Crippen molar-refractivity contribution in [1.82, 2.24) is 4.90 Å². The highest BCUT2D eigenvalue weighted by molar-refractivity contribution is 8.00. The molecule has 5 heteroatoms. The van der Waals surface area contributed by atoms with Gasteiger partial charge in [-0.05, 0) is 19.1 Å². The lowest BCUT2D eigenvalue weighted by molar-refractivity contribution is 0.101. The fourth-order valence-electron chi connectivity index (χ4n) is 2.70. The largest absolute Gasteiger partial charge is 0.507 e. The van der Waals surface area contributed by atoms with Crippen molar-refractivity contribution in [3.8, 4) is 5.75 Å². The van der Waals surface area contributed by atoms with Gasteiger partial charge in [0.1, 0.15) is 5.75 Å². The van der Waals surface area contributed by atoms with Crippen LogP contribution in [-0.4, -0.2) is 39.4 Å². The molecule has 1 aromatic rings. The van der Waals surface area contributed by atoms with Gasteiger partial charge in [-0.1, -0.05) is 25.4 Å². The number of aromatic hydroxyl groups is 1. The molecule has 20 heavy (non-hydrogen) atoms. The van der Waals surface area contributed by atoms with Crippen LogP contribution in [0.15, 0.2) is 12.1 Å². The average molecular weight is 314 g/mol. The molecule has 0 radical (unpaired) electrons. The lowest BCUT2D eigenvalue weighted by Gasteiger charge is -2.34. The van der Waals surface area contributed by atoms with Crippen molar-refractivity contribution in [2.45, 2.75) is 37.8 Å². The van der Waals surface area contributed by atoms with Gasteiger partial charge in [-0.25, -0.2) is 0 Å². The van der Waals surface area contributed by atoms with Crippen molar-refractivity contribution < 1.29 is 9.90 Å². The first kappa shape index (κ1) is 15.7. The van der Waals surface area contributed by atoms with Crippen molar-refractivity contribution in [2.75, 3.05) is 13.1 Å². The van der Waals surface area contributed by atoms with Crippen LogP contribution in [0.25, 0.3) is 0 Å². The van der Waals surface area contributed by atoms with E-state index >= 15 is 0 Å². The van der Waals surface area contributed by atoms with Crippen LogP contribution in [0.4, 0.5) is 0 Å². The summed E-state index contributed by atoms with van der Waals surface area (Å²) in [4.78, 5) is 13.8. The third-order valence-electron chi connectivity index (χ3n) is 3.42. The smallest absolute Gasteiger partial charge is 0.163 e. The molecule has 0 aromatic heterocycles. The number of carbonyl (C=O) groups excluding carboxylic acids is 1. The number of hydrogen-bond donors (Lipinski definition) is 1.